The lowest BCUT2D eigenvalue weighted by molar-refractivity contribution is -0.136. The Morgan fingerprint density at radius 1 is 1.25 bits per heavy atom. The molecular weight excluding hydrogens is 204 g/mol. The van der Waals surface area contributed by atoms with Crippen molar-refractivity contribution < 1.29 is 14.3 Å². The van der Waals surface area contributed by atoms with Crippen LogP contribution < -0.4 is 0 Å². The van der Waals surface area contributed by atoms with Gasteiger partial charge in [-0.25, -0.2) is 4.79 Å². The largest absolute Gasteiger partial charge is 0.466 e. The molecule has 1 aliphatic carbocycles. The third-order valence-corrected chi connectivity index (χ3v) is 3.02. The van der Waals surface area contributed by atoms with Crippen molar-refractivity contribution in [1.82, 2.24) is 0 Å². The first-order chi connectivity index (χ1) is 7.70. The third kappa shape index (κ3) is 3.19. The van der Waals surface area contributed by atoms with Gasteiger partial charge in [-0.2, -0.15) is 0 Å². The Bertz CT molecular complexity index is 302. The summed E-state index contributed by atoms with van der Waals surface area (Å²) in [5.41, 5.74) is 1.34. The van der Waals surface area contributed by atoms with Crippen molar-refractivity contribution in [2.24, 2.45) is 0 Å². The van der Waals surface area contributed by atoms with E-state index in [4.69, 9.17) is 4.74 Å². The molecule has 3 nitrogen and oxygen atoms in total. The Morgan fingerprint density at radius 3 is 2.62 bits per heavy atom. The number of Topliss-reactive ketones (excluding diaryl/α,β-unsaturated/α-hetero) is 1. The molecule has 16 heavy (non-hydrogen) atoms. The monoisotopic (exact) mass is 224 g/mol. The van der Waals surface area contributed by atoms with Crippen molar-refractivity contribution in [2.45, 2.75) is 51.9 Å². The van der Waals surface area contributed by atoms with E-state index in [0.717, 1.165) is 24.8 Å². The molecule has 0 fully saturated rings. The summed E-state index contributed by atoms with van der Waals surface area (Å²) in [4.78, 5) is 23.0. The number of carbonyl (C=O) groups excluding carboxylic acids is 2. The molecule has 90 valence electrons. The van der Waals surface area contributed by atoms with Gasteiger partial charge in [0.15, 0.2) is 5.78 Å². The highest BCUT2D eigenvalue weighted by atomic mass is 16.5. The lowest BCUT2D eigenvalue weighted by Crippen LogP contribution is -2.06. The van der Waals surface area contributed by atoms with Crippen LogP contribution in [-0.4, -0.2) is 18.9 Å². The molecule has 1 aliphatic rings. The van der Waals surface area contributed by atoms with E-state index in [2.05, 4.69) is 6.92 Å². The Morgan fingerprint density at radius 2 is 2.00 bits per heavy atom. The van der Waals surface area contributed by atoms with Gasteiger partial charge in [-0.05, 0) is 19.3 Å². The molecule has 0 spiro atoms. The van der Waals surface area contributed by atoms with E-state index in [1.54, 1.807) is 0 Å². The smallest absolute Gasteiger partial charge is 0.334 e. The fourth-order valence-corrected chi connectivity index (χ4v) is 2.08. The fraction of sp³-hybridized carbons (Fsp3) is 0.692. The Kier molecular flexibility index (Phi) is 5.23. The van der Waals surface area contributed by atoms with Crippen LogP contribution in [0.1, 0.15) is 51.9 Å². The second-order valence-electron chi connectivity index (χ2n) is 4.18. The van der Waals surface area contributed by atoms with E-state index in [-0.39, 0.29) is 11.8 Å². The summed E-state index contributed by atoms with van der Waals surface area (Å²) < 4.78 is 4.69. The molecule has 1 rings (SSSR count). The summed E-state index contributed by atoms with van der Waals surface area (Å²) in [6.45, 7) is 2.15. The molecule has 0 aliphatic heterocycles. The molecule has 0 N–H and O–H groups in total. The number of methoxy groups -OCH3 is 1. The van der Waals surface area contributed by atoms with Crippen molar-refractivity contribution in [3.05, 3.63) is 11.1 Å². The van der Waals surface area contributed by atoms with Crippen LogP contribution in [0.2, 0.25) is 0 Å². The zero-order valence-corrected chi connectivity index (χ0v) is 10.2. The molecule has 0 saturated carbocycles. The molecule has 0 amide bonds. The van der Waals surface area contributed by atoms with E-state index in [9.17, 15) is 9.59 Å². The standard InChI is InChI=1S/C13H20O3/c1-3-4-5-6-7-10-11(13(15)16-2)8-9-12(10)14/h3-9H2,1-2H3. The van der Waals surface area contributed by atoms with E-state index in [1.165, 1.54) is 20.0 Å². The highest BCUT2D eigenvalue weighted by Crippen LogP contribution is 2.27. The summed E-state index contributed by atoms with van der Waals surface area (Å²) in [7, 11) is 1.37. The van der Waals surface area contributed by atoms with Gasteiger partial charge in [0.25, 0.3) is 0 Å². The van der Waals surface area contributed by atoms with Crippen LogP contribution >= 0.6 is 0 Å². The van der Waals surface area contributed by atoms with Gasteiger partial charge in [0.2, 0.25) is 0 Å². The zero-order chi connectivity index (χ0) is 12.0. The number of rotatable bonds is 6. The maximum Gasteiger partial charge on any atom is 0.334 e. The number of esters is 1. The minimum absolute atomic E-state index is 0.136. The van der Waals surface area contributed by atoms with Crippen molar-refractivity contribution in [2.75, 3.05) is 7.11 Å². The van der Waals surface area contributed by atoms with Crippen molar-refractivity contribution in [3.8, 4) is 0 Å². The number of hydrogen-bond donors (Lipinski definition) is 0. The van der Waals surface area contributed by atoms with Gasteiger partial charge < -0.3 is 4.74 Å². The summed E-state index contributed by atoms with van der Waals surface area (Å²) in [6, 6.07) is 0. The molecule has 0 atom stereocenters. The Hall–Kier alpha value is -1.12. The molecule has 0 aromatic carbocycles. The van der Waals surface area contributed by atoms with Crippen LogP contribution in [0, 0.1) is 0 Å². The average Bonchev–Trinajstić information content (AvgIpc) is 2.65. The molecule has 0 aromatic heterocycles. The van der Waals surface area contributed by atoms with E-state index in [0.29, 0.717) is 18.4 Å². The Balaban J connectivity index is 2.57. The van der Waals surface area contributed by atoms with Gasteiger partial charge in [0, 0.05) is 17.6 Å². The lowest BCUT2D eigenvalue weighted by Gasteiger charge is -2.04. The number of allylic oxidation sites excluding steroid dienone is 1. The minimum atomic E-state index is -0.323. The summed E-state index contributed by atoms with van der Waals surface area (Å²) in [5, 5.41) is 0. The van der Waals surface area contributed by atoms with Crippen molar-refractivity contribution in [1.29, 1.82) is 0 Å². The number of unbranched alkanes of at least 4 members (excludes halogenated alkanes) is 3. The number of ketones is 1. The van der Waals surface area contributed by atoms with E-state index in [1.807, 2.05) is 0 Å². The first-order valence-electron chi connectivity index (χ1n) is 6.04. The van der Waals surface area contributed by atoms with Crippen LogP contribution in [0.15, 0.2) is 11.1 Å². The zero-order valence-electron chi connectivity index (χ0n) is 10.2. The molecule has 0 heterocycles. The second-order valence-corrected chi connectivity index (χ2v) is 4.18. The second kappa shape index (κ2) is 6.46. The normalized spacial score (nSPS) is 15.8. The maximum atomic E-state index is 11.6. The third-order valence-electron chi connectivity index (χ3n) is 3.02. The fourth-order valence-electron chi connectivity index (χ4n) is 2.08. The summed E-state index contributed by atoms with van der Waals surface area (Å²) >= 11 is 0. The predicted octanol–water partition coefficient (Wildman–Crippen LogP) is 2.79. The molecule has 0 aromatic rings. The summed E-state index contributed by atoms with van der Waals surface area (Å²) in [6.07, 6.45) is 6.27. The number of carbonyl (C=O) groups is 2. The van der Waals surface area contributed by atoms with E-state index >= 15 is 0 Å². The van der Waals surface area contributed by atoms with Gasteiger partial charge in [-0.15, -0.1) is 0 Å². The first-order valence-corrected chi connectivity index (χ1v) is 6.04. The van der Waals surface area contributed by atoms with Gasteiger partial charge in [-0.3, -0.25) is 4.79 Å². The molecule has 3 heteroatoms. The predicted molar refractivity (Wildman–Crippen MR) is 62.0 cm³/mol. The first kappa shape index (κ1) is 12.9. The van der Waals surface area contributed by atoms with E-state index < -0.39 is 0 Å². The highest BCUT2D eigenvalue weighted by Gasteiger charge is 2.27. The SMILES string of the molecule is CCCCCCC1=C(C(=O)OC)CCC1=O. The van der Waals surface area contributed by atoms with Crippen LogP contribution in [-0.2, 0) is 14.3 Å². The average molecular weight is 224 g/mol. The van der Waals surface area contributed by atoms with Gasteiger partial charge in [0.05, 0.1) is 7.11 Å². The number of ether oxygens (including phenoxy) is 1. The van der Waals surface area contributed by atoms with Crippen molar-refractivity contribution >= 4 is 11.8 Å². The van der Waals surface area contributed by atoms with Gasteiger partial charge in [-0.1, -0.05) is 26.2 Å². The highest BCUT2D eigenvalue weighted by molar-refractivity contribution is 6.07. The summed E-state index contributed by atoms with van der Waals surface area (Å²) in [5.74, 6) is -0.187. The van der Waals surface area contributed by atoms with Gasteiger partial charge >= 0.3 is 5.97 Å². The van der Waals surface area contributed by atoms with Crippen molar-refractivity contribution in [3.63, 3.8) is 0 Å². The molecule has 0 bridgehead atoms. The Labute approximate surface area is 96.9 Å². The van der Waals surface area contributed by atoms with Crippen LogP contribution in [0.25, 0.3) is 0 Å². The number of hydrogen-bond acceptors (Lipinski definition) is 3. The topological polar surface area (TPSA) is 43.4 Å². The van der Waals surface area contributed by atoms with Crippen LogP contribution in [0.5, 0.6) is 0 Å². The molecule has 0 unspecified atom stereocenters. The quantitative estimate of drug-likeness (QED) is 0.514. The minimum Gasteiger partial charge on any atom is -0.466 e. The molecule has 0 radical (unpaired) electrons. The lowest BCUT2D eigenvalue weighted by atomic mass is 10.0. The van der Waals surface area contributed by atoms with Crippen LogP contribution in [0.4, 0.5) is 0 Å². The van der Waals surface area contributed by atoms with Crippen LogP contribution in [0.3, 0.4) is 0 Å². The molecule has 0 saturated heterocycles. The molecular formula is C13H20O3. The maximum absolute atomic E-state index is 11.6. The van der Waals surface area contributed by atoms with Gasteiger partial charge in [0.1, 0.15) is 0 Å².